The molecule has 1 unspecified atom stereocenters. The van der Waals surface area contributed by atoms with Gasteiger partial charge in [-0.1, -0.05) is 30.3 Å². The lowest BCUT2D eigenvalue weighted by atomic mass is 10.1. The predicted octanol–water partition coefficient (Wildman–Crippen LogP) is 1.58. The summed E-state index contributed by atoms with van der Waals surface area (Å²) < 4.78 is 5.26. The molecule has 1 rings (SSSR count). The number of hydrazine groups is 1. The Hall–Kier alpha value is -1.59. The third-order valence-electron chi connectivity index (χ3n) is 2.71. The molecule has 106 valence electrons. The van der Waals surface area contributed by atoms with Crippen molar-refractivity contribution in [2.75, 3.05) is 19.8 Å². The Morgan fingerprint density at radius 3 is 2.74 bits per heavy atom. The molecule has 0 radical (unpaired) electrons. The molecule has 4 N–H and O–H groups in total. The zero-order valence-electron chi connectivity index (χ0n) is 11.7. The van der Waals surface area contributed by atoms with Crippen LogP contribution in [-0.2, 0) is 4.74 Å². The zero-order valence-corrected chi connectivity index (χ0v) is 11.7. The van der Waals surface area contributed by atoms with Crippen LogP contribution in [0.4, 0.5) is 0 Å². The lowest BCUT2D eigenvalue weighted by molar-refractivity contribution is 0.146. The normalized spacial score (nSPS) is 13.1. The van der Waals surface area contributed by atoms with Crippen LogP contribution in [-0.4, -0.2) is 25.7 Å². The number of rotatable bonds is 7. The lowest BCUT2D eigenvalue weighted by Gasteiger charge is -2.16. The van der Waals surface area contributed by atoms with Crippen molar-refractivity contribution >= 4 is 5.96 Å². The first-order chi connectivity index (χ1) is 9.27. The summed E-state index contributed by atoms with van der Waals surface area (Å²) in [6.07, 6.45) is 0.889. The number of nitrogens with zero attached hydrogens (tertiary/aromatic N) is 1. The second-order valence-corrected chi connectivity index (χ2v) is 4.20. The fraction of sp³-hybridized carbons (Fsp3) is 0.500. The van der Waals surface area contributed by atoms with Gasteiger partial charge in [-0.3, -0.25) is 10.4 Å². The average molecular weight is 264 g/mol. The van der Waals surface area contributed by atoms with Gasteiger partial charge in [0.15, 0.2) is 0 Å². The maximum absolute atomic E-state index is 5.47. The number of hydrogen-bond acceptors (Lipinski definition) is 3. The van der Waals surface area contributed by atoms with Gasteiger partial charge >= 0.3 is 0 Å². The second-order valence-electron chi connectivity index (χ2n) is 4.20. The van der Waals surface area contributed by atoms with Gasteiger partial charge in [0.2, 0.25) is 5.96 Å². The van der Waals surface area contributed by atoms with Gasteiger partial charge in [-0.15, -0.1) is 0 Å². The molecule has 19 heavy (non-hydrogen) atoms. The number of ether oxygens (including phenoxy) is 1. The molecule has 0 aromatic heterocycles. The molecule has 0 amide bonds. The van der Waals surface area contributed by atoms with E-state index in [1.54, 1.807) is 0 Å². The SMILES string of the molecule is CCOCCCN=C(NN)NC(C)c1ccccc1. The summed E-state index contributed by atoms with van der Waals surface area (Å²) in [6, 6.07) is 10.3. The Kier molecular flexibility index (Phi) is 7.62. The van der Waals surface area contributed by atoms with E-state index in [0.29, 0.717) is 12.5 Å². The first-order valence-electron chi connectivity index (χ1n) is 6.68. The smallest absolute Gasteiger partial charge is 0.206 e. The number of hydrogen-bond donors (Lipinski definition) is 3. The number of guanidine groups is 1. The molecular formula is C14H24N4O. The highest BCUT2D eigenvalue weighted by Gasteiger charge is 2.06. The van der Waals surface area contributed by atoms with Gasteiger partial charge in [0.25, 0.3) is 0 Å². The van der Waals surface area contributed by atoms with Crippen molar-refractivity contribution in [3.8, 4) is 0 Å². The molecule has 5 heteroatoms. The fourth-order valence-electron chi connectivity index (χ4n) is 1.66. The van der Waals surface area contributed by atoms with Crippen molar-refractivity contribution in [3.05, 3.63) is 35.9 Å². The van der Waals surface area contributed by atoms with E-state index in [-0.39, 0.29) is 6.04 Å². The highest BCUT2D eigenvalue weighted by molar-refractivity contribution is 5.79. The van der Waals surface area contributed by atoms with Crippen molar-refractivity contribution < 1.29 is 4.74 Å². The average Bonchev–Trinajstić information content (AvgIpc) is 2.46. The molecule has 0 aliphatic carbocycles. The summed E-state index contributed by atoms with van der Waals surface area (Å²) in [7, 11) is 0. The van der Waals surface area contributed by atoms with Gasteiger partial charge in [0.1, 0.15) is 0 Å². The molecule has 0 aliphatic rings. The third-order valence-corrected chi connectivity index (χ3v) is 2.71. The van der Waals surface area contributed by atoms with Crippen LogP contribution >= 0.6 is 0 Å². The molecule has 0 saturated heterocycles. The van der Waals surface area contributed by atoms with Crippen molar-refractivity contribution in [1.82, 2.24) is 10.7 Å². The summed E-state index contributed by atoms with van der Waals surface area (Å²) in [5.74, 6) is 6.07. The monoisotopic (exact) mass is 264 g/mol. The Bertz CT molecular complexity index is 367. The molecule has 0 fully saturated rings. The zero-order chi connectivity index (χ0) is 13.9. The van der Waals surface area contributed by atoms with E-state index in [1.165, 1.54) is 5.56 Å². The van der Waals surface area contributed by atoms with E-state index in [4.69, 9.17) is 10.6 Å². The maximum Gasteiger partial charge on any atom is 0.206 e. The van der Waals surface area contributed by atoms with E-state index in [1.807, 2.05) is 25.1 Å². The van der Waals surface area contributed by atoms with Crippen LogP contribution in [0.15, 0.2) is 35.3 Å². The predicted molar refractivity (Wildman–Crippen MR) is 78.7 cm³/mol. The van der Waals surface area contributed by atoms with Crippen LogP contribution in [0.1, 0.15) is 31.9 Å². The van der Waals surface area contributed by atoms with Gasteiger partial charge in [0, 0.05) is 19.8 Å². The number of nitrogens with two attached hydrogens (primary N) is 1. The van der Waals surface area contributed by atoms with E-state index in [2.05, 4.69) is 34.8 Å². The van der Waals surface area contributed by atoms with Crippen molar-refractivity contribution in [2.45, 2.75) is 26.3 Å². The summed E-state index contributed by atoms with van der Waals surface area (Å²) in [6.45, 7) is 6.22. The van der Waals surface area contributed by atoms with Gasteiger partial charge in [0.05, 0.1) is 6.04 Å². The van der Waals surface area contributed by atoms with Gasteiger partial charge in [-0.25, -0.2) is 5.84 Å². The van der Waals surface area contributed by atoms with Crippen molar-refractivity contribution in [1.29, 1.82) is 0 Å². The lowest BCUT2D eigenvalue weighted by Crippen LogP contribution is -2.42. The molecular weight excluding hydrogens is 240 g/mol. The maximum atomic E-state index is 5.47. The topological polar surface area (TPSA) is 71.7 Å². The van der Waals surface area contributed by atoms with Gasteiger partial charge in [-0.2, -0.15) is 0 Å². The largest absolute Gasteiger partial charge is 0.382 e. The molecule has 0 saturated carbocycles. The van der Waals surface area contributed by atoms with Crippen LogP contribution in [0.3, 0.4) is 0 Å². The molecule has 0 aliphatic heterocycles. The van der Waals surface area contributed by atoms with Crippen molar-refractivity contribution in [3.63, 3.8) is 0 Å². The number of aliphatic imine (C=N–C) groups is 1. The highest BCUT2D eigenvalue weighted by Crippen LogP contribution is 2.10. The molecule has 5 nitrogen and oxygen atoms in total. The molecule has 0 heterocycles. The van der Waals surface area contributed by atoms with E-state index in [0.717, 1.165) is 19.6 Å². The van der Waals surface area contributed by atoms with Crippen LogP contribution in [0.2, 0.25) is 0 Å². The summed E-state index contributed by atoms with van der Waals surface area (Å²) in [5, 5.41) is 3.25. The fourth-order valence-corrected chi connectivity index (χ4v) is 1.66. The highest BCUT2D eigenvalue weighted by atomic mass is 16.5. The Morgan fingerprint density at radius 2 is 2.11 bits per heavy atom. The molecule has 1 aromatic rings. The Labute approximate surface area is 115 Å². The third kappa shape index (κ3) is 6.22. The van der Waals surface area contributed by atoms with Crippen molar-refractivity contribution in [2.24, 2.45) is 10.8 Å². The van der Waals surface area contributed by atoms with Crippen LogP contribution in [0.5, 0.6) is 0 Å². The first kappa shape index (κ1) is 15.5. The van der Waals surface area contributed by atoms with E-state index < -0.39 is 0 Å². The minimum Gasteiger partial charge on any atom is -0.382 e. The first-order valence-corrected chi connectivity index (χ1v) is 6.68. The Balaban J connectivity index is 2.41. The molecule has 1 aromatic carbocycles. The molecule has 0 bridgehead atoms. The number of benzene rings is 1. The standard InChI is InChI=1S/C14H24N4O/c1-3-19-11-7-10-16-14(18-15)17-12(2)13-8-5-4-6-9-13/h4-6,8-9,12H,3,7,10-11,15H2,1-2H3,(H2,16,17,18). The van der Waals surface area contributed by atoms with E-state index >= 15 is 0 Å². The molecule has 1 atom stereocenters. The van der Waals surface area contributed by atoms with E-state index in [9.17, 15) is 0 Å². The van der Waals surface area contributed by atoms with Crippen LogP contribution in [0, 0.1) is 0 Å². The van der Waals surface area contributed by atoms with Crippen LogP contribution in [0.25, 0.3) is 0 Å². The van der Waals surface area contributed by atoms with Crippen LogP contribution < -0.4 is 16.6 Å². The van der Waals surface area contributed by atoms with Gasteiger partial charge < -0.3 is 10.1 Å². The summed E-state index contributed by atoms with van der Waals surface area (Å²) in [4.78, 5) is 4.37. The number of nitrogens with one attached hydrogen (secondary N) is 2. The van der Waals surface area contributed by atoms with Gasteiger partial charge in [-0.05, 0) is 25.8 Å². The summed E-state index contributed by atoms with van der Waals surface area (Å²) in [5.41, 5.74) is 3.79. The minimum absolute atomic E-state index is 0.155. The second kappa shape index (κ2) is 9.35. The quantitative estimate of drug-likeness (QED) is 0.230. The Morgan fingerprint density at radius 1 is 1.37 bits per heavy atom. The molecule has 0 spiro atoms. The minimum atomic E-state index is 0.155. The summed E-state index contributed by atoms with van der Waals surface area (Å²) >= 11 is 0.